The average Bonchev–Trinajstić information content (AvgIpc) is 2.37. The van der Waals surface area contributed by atoms with Gasteiger partial charge in [0.2, 0.25) is 0 Å². The van der Waals surface area contributed by atoms with Gasteiger partial charge in [-0.2, -0.15) is 0 Å². The van der Waals surface area contributed by atoms with Gasteiger partial charge >= 0.3 is 12.0 Å². The number of hydrogen-bond donors (Lipinski definition) is 2. The van der Waals surface area contributed by atoms with Gasteiger partial charge in [-0.1, -0.05) is 23.7 Å². The fourth-order valence-electron chi connectivity index (χ4n) is 2.15. The Bertz CT molecular complexity index is 593. The number of allylic oxidation sites excluding steroid dienone is 1. The monoisotopic (exact) mass is 308 g/mol. The number of carbonyl (C=O) groups excluding carboxylic acids is 2. The van der Waals surface area contributed by atoms with Gasteiger partial charge in [-0.05, 0) is 38.5 Å². The van der Waals surface area contributed by atoms with E-state index in [4.69, 9.17) is 16.3 Å². The van der Waals surface area contributed by atoms with Crippen molar-refractivity contribution in [1.29, 1.82) is 0 Å². The Morgan fingerprint density at radius 2 is 1.90 bits per heavy atom. The summed E-state index contributed by atoms with van der Waals surface area (Å²) in [5, 5.41) is 5.92. The van der Waals surface area contributed by atoms with Crippen molar-refractivity contribution < 1.29 is 14.3 Å². The normalized spacial score (nSPS) is 18.3. The molecule has 0 radical (unpaired) electrons. The van der Waals surface area contributed by atoms with Gasteiger partial charge in [0, 0.05) is 10.7 Å². The Labute approximate surface area is 128 Å². The molecule has 0 spiro atoms. The van der Waals surface area contributed by atoms with Crippen molar-refractivity contribution in [1.82, 2.24) is 10.6 Å². The summed E-state index contributed by atoms with van der Waals surface area (Å²) in [6.45, 7) is 5.23. The second-order valence-corrected chi connectivity index (χ2v) is 5.51. The first-order chi connectivity index (χ1) is 9.88. The molecule has 1 aliphatic heterocycles. The highest BCUT2D eigenvalue weighted by Gasteiger charge is 2.32. The number of hydrogen-bond acceptors (Lipinski definition) is 3. The van der Waals surface area contributed by atoms with Gasteiger partial charge in [0.25, 0.3) is 0 Å². The van der Waals surface area contributed by atoms with E-state index in [9.17, 15) is 9.59 Å². The van der Waals surface area contributed by atoms with E-state index in [1.54, 1.807) is 45.0 Å². The van der Waals surface area contributed by atoms with Crippen molar-refractivity contribution in [3.63, 3.8) is 0 Å². The van der Waals surface area contributed by atoms with Crippen LogP contribution in [0.3, 0.4) is 0 Å². The third kappa shape index (κ3) is 3.55. The molecule has 2 N–H and O–H groups in total. The van der Waals surface area contributed by atoms with Gasteiger partial charge in [0.05, 0.1) is 17.7 Å². The van der Waals surface area contributed by atoms with Crippen molar-refractivity contribution in [3.05, 3.63) is 46.1 Å². The zero-order valence-electron chi connectivity index (χ0n) is 12.1. The average molecular weight is 309 g/mol. The Hall–Kier alpha value is -2.01. The van der Waals surface area contributed by atoms with Crippen LogP contribution in [-0.2, 0) is 9.53 Å². The molecule has 0 saturated carbocycles. The van der Waals surface area contributed by atoms with Crippen LogP contribution in [0.25, 0.3) is 0 Å². The molecule has 6 heteroatoms. The molecule has 0 fully saturated rings. The molecule has 0 bridgehead atoms. The summed E-state index contributed by atoms with van der Waals surface area (Å²) >= 11 is 5.87. The van der Waals surface area contributed by atoms with Gasteiger partial charge in [-0.15, -0.1) is 0 Å². The molecule has 5 nitrogen and oxygen atoms in total. The lowest BCUT2D eigenvalue weighted by Crippen LogP contribution is -2.45. The van der Waals surface area contributed by atoms with Crippen LogP contribution in [0.15, 0.2) is 35.5 Å². The number of carbonyl (C=O) groups is 2. The molecular weight excluding hydrogens is 292 g/mol. The molecule has 2 rings (SSSR count). The lowest BCUT2D eigenvalue weighted by Gasteiger charge is -2.28. The second kappa shape index (κ2) is 6.18. The molecule has 1 aromatic carbocycles. The minimum absolute atomic E-state index is 0.235. The van der Waals surface area contributed by atoms with Crippen LogP contribution in [0.2, 0.25) is 5.02 Å². The van der Waals surface area contributed by atoms with Gasteiger partial charge in [-0.25, -0.2) is 9.59 Å². The number of esters is 1. The summed E-state index contributed by atoms with van der Waals surface area (Å²) in [5.74, 6) is -0.449. The number of amides is 2. The van der Waals surface area contributed by atoms with Crippen molar-refractivity contribution in [2.75, 3.05) is 0 Å². The zero-order valence-corrected chi connectivity index (χ0v) is 12.8. The third-order valence-corrected chi connectivity index (χ3v) is 3.29. The predicted octanol–water partition coefficient (Wildman–Crippen LogP) is 2.92. The lowest BCUT2D eigenvalue weighted by molar-refractivity contribution is -0.143. The Morgan fingerprint density at radius 1 is 1.29 bits per heavy atom. The smallest absolute Gasteiger partial charge is 0.338 e. The molecular formula is C15H17ClN2O3. The second-order valence-electron chi connectivity index (χ2n) is 5.08. The van der Waals surface area contributed by atoms with Crippen LogP contribution in [0, 0.1) is 0 Å². The van der Waals surface area contributed by atoms with Gasteiger partial charge < -0.3 is 15.4 Å². The first kappa shape index (κ1) is 15.4. The quantitative estimate of drug-likeness (QED) is 0.844. The van der Waals surface area contributed by atoms with Crippen LogP contribution >= 0.6 is 11.6 Å². The van der Waals surface area contributed by atoms with Gasteiger partial charge in [-0.3, -0.25) is 0 Å². The number of rotatable bonds is 3. The number of benzene rings is 1. The maximum atomic E-state index is 12.3. The predicted molar refractivity (Wildman–Crippen MR) is 79.8 cm³/mol. The minimum atomic E-state index is -0.553. The van der Waals surface area contributed by atoms with Crippen LogP contribution < -0.4 is 10.6 Å². The maximum absolute atomic E-state index is 12.3. The van der Waals surface area contributed by atoms with Crippen molar-refractivity contribution in [2.45, 2.75) is 32.9 Å². The van der Waals surface area contributed by atoms with E-state index >= 15 is 0 Å². The van der Waals surface area contributed by atoms with Gasteiger partial charge in [0.1, 0.15) is 0 Å². The lowest BCUT2D eigenvalue weighted by atomic mass is 9.95. The fraction of sp³-hybridized carbons (Fsp3) is 0.333. The largest absolute Gasteiger partial charge is 0.459 e. The van der Waals surface area contributed by atoms with Crippen LogP contribution in [0.5, 0.6) is 0 Å². The first-order valence-electron chi connectivity index (χ1n) is 6.63. The molecule has 1 aliphatic rings. The van der Waals surface area contributed by atoms with E-state index in [2.05, 4.69) is 10.6 Å². The summed E-state index contributed by atoms with van der Waals surface area (Å²) in [4.78, 5) is 24.0. The molecule has 0 saturated heterocycles. The SMILES string of the molecule is CC1=C(C(=O)OC(C)C)[C@H](c2ccc(Cl)cc2)NC(=O)N1. The number of halogens is 1. The van der Waals surface area contributed by atoms with E-state index in [0.717, 1.165) is 5.56 Å². The molecule has 0 aliphatic carbocycles. The van der Waals surface area contributed by atoms with Crippen LogP contribution in [-0.4, -0.2) is 18.1 Å². The summed E-state index contributed by atoms with van der Waals surface area (Å²) in [6, 6.07) is 6.07. The van der Waals surface area contributed by atoms with Crippen molar-refractivity contribution in [3.8, 4) is 0 Å². The van der Waals surface area contributed by atoms with E-state index < -0.39 is 12.0 Å². The Kier molecular flexibility index (Phi) is 4.53. The highest BCUT2D eigenvalue weighted by Crippen LogP contribution is 2.28. The topological polar surface area (TPSA) is 67.4 Å². The van der Waals surface area contributed by atoms with E-state index in [-0.39, 0.29) is 12.1 Å². The highest BCUT2D eigenvalue weighted by molar-refractivity contribution is 6.30. The molecule has 112 valence electrons. The van der Waals surface area contributed by atoms with Crippen LogP contribution in [0.4, 0.5) is 4.79 Å². The summed E-state index contributed by atoms with van der Waals surface area (Å²) in [6.07, 6.45) is -0.235. The first-order valence-corrected chi connectivity index (χ1v) is 7.01. The molecule has 1 heterocycles. The summed E-state index contributed by atoms with van der Waals surface area (Å²) in [5.41, 5.74) is 1.65. The van der Waals surface area contributed by atoms with Gasteiger partial charge in [0.15, 0.2) is 0 Å². The Morgan fingerprint density at radius 3 is 2.48 bits per heavy atom. The van der Waals surface area contributed by atoms with Crippen LogP contribution in [0.1, 0.15) is 32.4 Å². The standard InChI is InChI=1S/C15H17ClN2O3/c1-8(2)21-14(19)12-9(3)17-15(20)18-13(12)10-4-6-11(16)7-5-10/h4-8,13H,1-3H3,(H2,17,18,20)/t13-/m0/s1. The number of ether oxygens (including phenoxy) is 1. The van der Waals surface area contributed by atoms with E-state index in [0.29, 0.717) is 16.3 Å². The number of nitrogens with one attached hydrogen (secondary N) is 2. The zero-order chi connectivity index (χ0) is 15.6. The Balaban J connectivity index is 2.40. The minimum Gasteiger partial charge on any atom is -0.459 e. The molecule has 0 aromatic heterocycles. The van der Waals surface area contributed by atoms with E-state index in [1.807, 2.05) is 0 Å². The molecule has 1 atom stereocenters. The summed E-state index contributed by atoms with van der Waals surface area (Å²) in [7, 11) is 0. The fourth-order valence-corrected chi connectivity index (χ4v) is 2.27. The molecule has 2 amide bonds. The number of urea groups is 1. The maximum Gasteiger partial charge on any atom is 0.338 e. The highest BCUT2D eigenvalue weighted by atomic mass is 35.5. The van der Waals surface area contributed by atoms with E-state index in [1.165, 1.54) is 0 Å². The molecule has 21 heavy (non-hydrogen) atoms. The van der Waals surface area contributed by atoms with Crippen molar-refractivity contribution >= 4 is 23.6 Å². The molecule has 0 unspecified atom stereocenters. The summed E-state index contributed by atoms with van der Waals surface area (Å²) < 4.78 is 5.26. The third-order valence-electron chi connectivity index (χ3n) is 3.04. The van der Waals surface area contributed by atoms with Crippen molar-refractivity contribution in [2.24, 2.45) is 0 Å². The molecule has 1 aromatic rings.